The van der Waals surface area contributed by atoms with Crippen molar-refractivity contribution in [2.45, 2.75) is 37.3 Å². The predicted octanol–water partition coefficient (Wildman–Crippen LogP) is 8.42. The molecule has 5 rings (SSSR count). The van der Waals surface area contributed by atoms with Crippen LogP contribution in [-0.2, 0) is 14.3 Å². The number of benzene rings is 4. The molecule has 294 valence electrons. The minimum Gasteiger partial charge on any atom is -0.497 e. The highest BCUT2D eigenvalue weighted by atomic mass is 32.2. The smallest absolute Gasteiger partial charge is 0.341 e. The molecule has 0 spiro atoms. The van der Waals surface area contributed by atoms with Gasteiger partial charge in [0.05, 0.1) is 36.5 Å². The van der Waals surface area contributed by atoms with Crippen LogP contribution in [0.1, 0.15) is 61.8 Å². The summed E-state index contributed by atoms with van der Waals surface area (Å²) in [6, 6.07) is 29.5. The number of thiophene rings is 1. The highest BCUT2D eigenvalue weighted by Crippen LogP contribution is 2.36. The van der Waals surface area contributed by atoms with Gasteiger partial charge in [0.25, 0.3) is 17.7 Å². The summed E-state index contributed by atoms with van der Waals surface area (Å²) in [6.07, 6.45) is 1.92. The number of amides is 4. The van der Waals surface area contributed by atoms with E-state index >= 15 is 0 Å². The summed E-state index contributed by atoms with van der Waals surface area (Å²) in [7, 11) is 3.02. The molecule has 0 saturated carbocycles. The average molecular weight is 807 g/mol. The van der Waals surface area contributed by atoms with Gasteiger partial charge in [-0.15, -0.1) is 23.1 Å². The SMILES string of the molecule is CCOC(=O)c1c(NC(=O)C(CC)Sc2cccc(NC(=O)/C(=C\c3ccc(OC)cc3OC)NC(=O)c3ccccc3)c2)sc(C(=O)Nc2ccccc2)c1C. The summed E-state index contributed by atoms with van der Waals surface area (Å²) >= 11 is 2.26. The number of ether oxygens (including phenoxy) is 3. The molecule has 1 atom stereocenters. The number of carbonyl (C=O) groups is 5. The van der Waals surface area contributed by atoms with Crippen LogP contribution in [0.3, 0.4) is 0 Å². The Labute approximate surface area is 339 Å². The Hall–Kier alpha value is -6.38. The van der Waals surface area contributed by atoms with Gasteiger partial charge in [-0.1, -0.05) is 49.4 Å². The Bertz CT molecular complexity index is 2280. The van der Waals surface area contributed by atoms with Crippen LogP contribution in [0, 0.1) is 6.92 Å². The summed E-state index contributed by atoms with van der Waals surface area (Å²) in [4.78, 5) is 68.1. The minimum atomic E-state index is -0.650. The molecular formula is C43H42N4O8S2. The second kappa shape index (κ2) is 20.0. The maximum atomic E-state index is 13.8. The maximum absolute atomic E-state index is 13.8. The fraction of sp³-hybridized carbons (Fsp3) is 0.186. The molecule has 0 aliphatic heterocycles. The van der Waals surface area contributed by atoms with Gasteiger partial charge in [-0.2, -0.15) is 0 Å². The number of hydrogen-bond donors (Lipinski definition) is 4. The summed E-state index contributed by atoms with van der Waals surface area (Å²) < 4.78 is 16.1. The standard InChI is InChI=1S/C43H42N4O8S2/c1-6-35(40(50)47-42-36(43(52)55-7-2)26(3)37(57-42)41(51)44-29-17-12-9-13-18-29)56-32-20-14-19-30(24-32)45-39(49)33(46-38(48)27-15-10-8-11-16-27)23-28-21-22-31(53-4)25-34(28)54-5/h8-25,35H,6-7H2,1-5H3,(H,44,51)(H,45,49)(H,46,48)(H,47,50)/b33-23+. The van der Waals surface area contributed by atoms with Crippen LogP contribution in [0.15, 0.2) is 114 Å². The van der Waals surface area contributed by atoms with Crippen molar-refractivity contribution >= 4 is 75.1 Å². The van der Waals surface area contributed by atoms with Gasteiger partial charge in [-0.3, -0.25) is 19.2 Å². The van der Waals surface area contributed by atoms with Crippen molar-refractivity contribution in [3.05, 3.63) is 136 Å². The molecule has 1 unspecified atom stereocenters. The highest BCUT2D eigenvalue weighted by Gasteiger charge is 2.29. The van der Waals surface area contributed by atoms with Gasteiger partial charge in [0.1, 0.15) is 22.2 Å². The van der Waals surface area contributed by atoms with E-state index in [1.807, 2.05) is 13.0 Å². The number of nitrogens with one attached hydrogen (secondary N) is 4. The van der Waals surface area contributed by atoms with Gasteiger partial charge in [-0.05, 0) is 86.5 Å². The van der Waals surface area contributed by atoms with Crippen LogP contribution in [0.2, 0.25) is 0 Å². The molecule has 1 aromatic heterocycles. The molecule has 4 aromatic carbocycles. The molecule has 12 nitrogen and oxygen atoms in total. The molecule has 57 heavy (non-hydrogen) atoms. The third kappa shape index (κ3) is 10.9. The summed E-state index contributed by atoms with van der Waals surface area (Å²) in [5.41, 5.74) is 2.35. The van der Waals surface area contributed by atoms with E-state index in [2.05, 4.69) is 21.3 Å². The molecule has 0 radical (unpaired) electrons. The number of thioether (sulfide) groups is 1. The number of hydrogen-bond acceptors (Lipinski definition) is 10. The van der Waals surface area contributed by atoms with E-state index in [4.69, 9.17) is 14.2 Å². The van der Waals surface area contributed by atoms with Gasteiger partial charge in [-0.25, -0.2) is 4.79 Å². The Morgan fingerprint density at radius 1 is 0.772 bits per heavy atom. The van der Waals surface area contributed by atoms with E-state index in [0.717, 1.165) is 11.3 Å². The van der Waals surface area contributed by atoms with Gasteiger partial charge in [0.15, 0.2) is 0 Å². The van der Waals surface area contributed by atoms with Crippen LogP contribution in [0.5, 0.6) is 11.5 Å². The van der Waals surface area contributed by atoms with Gasteiger partial charge in [0, 0.05) is 33.5 Å². The number of esters is 1. The van der Waals surface area contributed by atoms with Crippen molar-refractivity contribution in [2.24, 2.45) is 0 Å². The normalized spacial score (nSPS) is 11.5. The van der Waals surface area contributed by atoms with Crippen LogP contribution in [0.4, 0.5) is 16.4 Å². The molecule has 0 fully saturated rings. The monoisotopic (exact) mass is 806 g/mol. The number of para-hydroxylation sites is 1. The first-order valence-electron chi connectivity index (χ1n) is 17.9. The number of anilines is 3. The molecule has 5 aromatic rings. The van der Waals surface area contributed by atoms with Crippen molar-refractivity contribution in [1.82, 2.24) is 5.32 Å². The minimum absolute atomic E-state index is 0.0448. The molecule has 0 saturated heterocycles. The zero-order valence-corrected chi connectivity index (χ0v) is 33.6. The fourth-order valence-electron chi connectivity index (χ4n) is 5.54. The second-order valence-electron chi connectivity index (χ2n) is 12.3. The molecule has 14 heteroatoms. The Morgan fingerprint density at radius 3 is 2.14 bits per heavy atom. The first-order valence-corrected chi connectivity index (χ1v) is 19.6. The Balaban J connectivity index is 1.35. The van der Waals surface area contributed by atoms with E-state index in [-0.39, 0.29) is 33.7 Å². The summed E-state index contributed by atoms with van der Waals surface area (Å²) in [6.45, 7) is 5.29. The number of rotatable bonds is 16. The number of carbonyl (C=O) groups excluding carboxylic acids is 5. The van der Waals surface area contributed by atoms with Crippen LogP contribution >= 0.6 is 23.1 Å². The van der Waals surface area contributed by atoms with Crippen LogP contribution < -0.4 is 30.7 Å². The summed E-state index contributed by atoms with van der Waals surface area (Å²) in [5, 5.41) is 10.9. The van der Waals surface area contributed by atoms with Gasteiger partial charge < -0.3 is 35.5 Å². The largest absolute Gasteiger partial charge is 0.497 e. The first kappa shape index (κ1) is 41.8. The highest BCUT2D eigenvalue weighted by molar-refractivity contribution is 8.00. The molecule has 1 heterocycles. The summed E-state index contributed by atoms with van der Waals surface area (Å²) in [5.74, 6) is -1.57. The molecular weight excluding hydrogens is 765 g/mol. The molecule has 4 amide bonds. The maximum Gasteiger partial charge on any atom is 0.341 e. The molecule has 0 aliphatic rings. The van der Waals surface area contributed by atoms with Crippen molar-refractivity contribution < 1.29 is 38.2 Å². The Kier molecular flexibility index (Phi) is 14.6. The van der Waals surface area contributed by atoms with Gasteiger partial charge >= 0.3 is 5.97 Å². The third-order valence-corrected chi connectivity index (χ3v) is 11.0. The van der Waals surface area contributed by atoms with E-state index in [0.29, 0.717) is 50.9 Å². The third-order valence-electron chi connectivity index (χ3n) is 8.40. The quantitative estimate of drug-likeness (QED) is 0.0436. The molecule has 0 bridgehead atoms. The lowest BCUT2D eigenvalue weighted by Gasteiger charge is -2.16. The van der Waals surface area contributed by atoms with Crippen LogP contribution in [0.25, 0.3) is 6.08 Å². The zero-order chi connectivity index (χ0) is 40.9. The van der Waals surface area contributed by atoms with E-state index in [9.17, 15) is 24.0 Å². The van der Waals surface area contributed by atoms with Crippen molar-refractivity contribution in [2.75, 3.05) is 36.8 Å². The molecule has 0 aliphatic carbocycles. The van der Waals surface area contributed by atoms with Gasteiger partial charge in [0.2, 0.25) is 5.91 Å². The lowest BCUT2D eigenvalue weighted by Crippen LogP contribution is -2.30. The van der Waals surface area contributed by atoms with Crippen molar-refractivity contribution in [3.63, 3.8) is 0 Å². The lowest BCUT2D eigenvalue weighted by atomic mass is 10.1. The van der Waals surface area contributed by atoms with E-state index in [1.54, 1.807) is 111 Å². The van der Waals surface area contributed by atoms with Crippen molar-refractivity contribution in [1.29, 1.82) is 0 Å². The molecule has 4 N–H and O–H groups in total. The van der Waals surface area contributed by atoms with E-state index < -0.39 is 28.9 Å². The van der Waals surface area contributed by atoms with E-state index in [1.165, 1.54) is 32.1 Å². The zero-order valence-electron chi connectivity index (χ0n) is 32.0. The average Bonchev–Trinajstić information content (AvgIpc) is 3.55. The number of methoxy groups -OCH3 is 2. The lowest BCUT2D eigenvalue weighted by molar-refractivity contribution is -0.116. The first-order chi connectivity index (χ1) is 27.5. The Morgan fingerprint density at radius 2 is 1.47 bits per heavy atom. The topological polar surface area (TPSA) is 161 Å². The van der Waals surface area contributed by atoms with Crippen molar-refractivity contribution in [3.8, 4) is 11.5 Å². The second-order valence-corrected chi connectivity index (χ2v) is 14.6. The fourth-order valence-corrected chi connectivity index (χ4v) is 7.64. The van der Waals surface area contributed by atoms with Crippen LogP contribution in [-0.4, -0.2) is 55.7 Å². The predicted molar refractivity (Wildman–Crippen MR) is 224 cm³/mol.